The van der Waals surface area contributed by atoms with Gasteiger partial charge in [0.15, 0.2) is 23.3 Å². The Morgan fingerprint density at radius 1 is 0.786 bits per heavy atom. The maximum absolute atomic E-state index is 14.1. The summed E-state index contributed by atoms with van der Waals surface area (Å²) in [5.41, 5.74) is -5.72. The first-order valence-corrected chi connectivity index (χ1v) is 13.2. The van der Waals surface area contributed by atoms with Gasteiger partial charge in [0.2, 0.25) is 5.91 Å². The van der Waals surface area contributed by atoms with Gasteiger partial charge in [0.1, 0.15) is 11.3 Å². The molecule has 0 saturated heterocycles. The average Bonchev–Trinajstić information content (AvgIpc) is 2.90. The van der Waals surface area contributed by atoms with Gasteiger partial charge in [0.05, 0.1) is 36.5 Å². The Morgan fingerprint density at radius 2 is 1.26 bits per heavy atom. The lowest BCUT2D eigenvalue weighted by molar-refractivity contribution is -0.143. The highest BCUT2D eigenvalue weighted by atomic mass is 35.5. The summed E-state index contributed by atoms with van der Waals surface area (Å²) in [5, 5.41) is 10.4. The molecule has 0 heterocycles. The largest absolute Gasteiger partial charge is 0.478 e. The van der Waals surface area contributed by atoms with Crippen molar-refractivity contribution in [1.82, 2.24) is 0 Å². The van der Waals surface area contributed by atoms with Crippen LogP contribution in [0.3, 0.4) is 0 Å². The fourth-order valence-corrected chi connectivity index (χ4v) is 5.22. The second kappa shape index (κ2) is 12.8. The molecule has 0 fully saturated rings. The lowest BCUT2D eigenvalue weighted by Gasteiger charge is -2.17. The van der Waals surface area contributed by atoms with Crippen molar-refractivity contribution < 1.29 is 50.2 Å². The molecule has 3 N–H and O–H groups in total. The molecule has 3 rings (SSSR count). The van der Waals surface area contributed by atoms with Gasteiger partial charge in [-0.25, -0.2) is 22.4 Å². The van der Waals surface area contributed by atoms with Crippen LogP contribution in [0.4, 0.5) is 42.1 Å². The van der Waals surface area contributed by atoms with Crippen LogP contribution in [-0.2, 0) is 11.0 Å². The van der Waals surface area contributed by atoms with Gasteiger partial charge in [-0.1, -0.05) is 46.4 Å². The molecule has 0 aliphatic rings. The number of halogens is 11. The van der Waals surface area contributed by atoms with Crippen molar-refractivity contribution in [1.29, 1.82) is 0 Å². The maximum Gasteiger partial charge on any atom is 0.422 e. The number of anilines is 2. The van der Waals surface area contributed by atoms with Crippen LogP contribution in [0, 0.1) is 23.3 Å². The molecule has 6 nitrogen and oxygen atoms in total. The number of rotatable bonds is 7. The zero-order valence-corrected chi connectivity index (χ0v) is 24.0. The molecule has 3 aromatic rings. The average molecular weight is 698 g/mol. The van der Waals surface area contributed by atoms with E-state index in [1.54, 1.807) is 5.32 Å². The van der Waals surface area contributed by atoms with E-state index in [-0.39, 0.29) is 15.7 Å². The fourth-order valence-electron chi connectivity index (χ4n) is 3.33. The van der Waals surface area contributed by atoms with Crippen LogP contribution in [0.2, 0.25) is 20.1 Å². The molecule has 0 aliphatic heterocycles. The molecular formula is C24H11Cl4F7N2O4S. The Balaban J connectivity index is 1.77. The zero-order chi connectivity index (χ0) is 31.8. The molecular weight excluding hydrogens is 687 g/mol. The Morgan fingerprint density at radius 3 is 1.71 bits per heavy atom. The number of aromatic carboxylic acids is 1. The molecule has 0 aromatic heterocycles. The number of alkyl halides is 3. The molecule has 42 heavy (non-hydrogen) atoms. The number of carbonyl (C=O) groups excluding carboxylic acids is 2. The molecule has 0 bridgehead atoms. The summed E-state index contributed by atoms with van der Waals surface area (Å²) in [7, 11) is 0. The van der Waals surface area contributed by atoms with Crippen LogP contribution in [0.1, 0.15) is 33.2 Å². The second-order valence-corrected chi connectivity index (χ2v) is 11.0. The topological polar surface area (TPSA) is 95.5 Å². The number of benzene rings is 3. The summed E-state index contributed by atoms with van der Waals surface area (Å²) >= 11 is 24.5. The lowest BCUT2D eigenvalue weighted by atomic mass is 10.1. The molecule has 3 aromatic carbocycles. The Bertz CT molecular complexity index is 1590. The van der Waals surface area contributed by atoms with Gasteiger partial charge in [-0.15, -0.1) is 11.8 Å². The van der Waals surface area contributed by atoms with Crippen LogP contribution in [0.5, 0.6) is 0 Å². The van der Waals surface area contributed by atoms with E-state index in [2.05, 4.69) is 5.32 Å². The summed E-state index contributed by atoms with van der Waals surface area (Å²) in [6.07, 6.45) is -5.74. The van der Waals surface area contributed by atoms with Crippen molar-refractivity contribution in [3.63, 3.8) is 0 Å². The zero-order valence-electron chi connectivity index (χ0n) is 20.1. The number of nitrogens with one attached hydrogen (secondary N) is 2. The van der Waals surface area contributed by atoms with Gasteiger partial charge < -0.3 is 15.7 Å². The van der Waals surface area contributed by atoms with Crippen LogP contribution >= 0.6 is 58.2 Å². The minimum Gasteiger partial charge on any atom is -0.478 e. The van der Waals surface area contributed by atoms with E-state index in [0.717, 1.165) is 11.8 Å². The summed E-state index contributed by atoms with van der Waals surface area (Å²) in [5.74, 6) is -14.2. The SMILES string of the molecule is CC(Sc1ccc(NC(=O)c2c(Cl)c(Cl)c(Cl)c(Cl)c2C(=O)O)cc1)C(=O)Nc1c(F)c(F)c(C(F)(F)F)c(F)c1F. The molecule has 1 unspecified atom stereocenters. The second-order valence-electron chi connectivity index (χ2n) is 8.04. The molecule has 18 heteroatoms. The van der Waals surface area contributed by atoms with Gasteiger partial charge >= 0.3 is 12.1 Å². The number of carboxylic acids is 1. The molecule has 2 amide bonds. The maximum atomic E-state index is 14.1. The fraction of sp³-hybridized carbons (Fsp3) is 0.125. The third-order valence-electron chi connectivity index (χ3n) is 5.30. The number of carboxylic acid groups (broad SMARTS) is 1. The summed E-state index contributed by atoms with van der Waals surface area (Å²) in [6.45, 7) is 1.21. The van der Waals surface area contributed by atoms with Crippen molar-refractivity contribution in [3.8, 4) is 0 Å². The number of carbonyl (C=O) groups is 3. The van der Waals surface area contributed by atoms with Crippen molar-refractivity contribution in [2.75, 3.05) is 10.6 Å². The van der Waals surface area contributed by atoms with E-state index in [1.807, 2.05) is 0 Å². The molecule has 1 atom stereocenters. The number of thioether (sulfide) groups is 1. The van der Waals surface area contributed by atoms with Crippen LogP contribution in [0.25, 0.3) is 0 Å². The van der Waals surface area contributed by atoms with Crippen molar-refractivity contribution in [2.24, 2.45) is 0 Å². The third kappa shape index (κ3) is 6.67. The van der Waals surface area contributed by atoms with Gasteiger partial charge in [0, 0.05) is 10.6 Å². The summed E-state index contributed by atoms with van der Waals surface area (Å²) in [4.78, 5) is 37.2. The van der Waals surface area contributed by atoms with Crippen molar-refractivity contribution in [3.05, 3.63) is 84.3 Å². The third-order valence-corrected chi connectivity index (χ3v) is 8.21. The van der Waals surface area contributed by atoms with E-state index in [4.69, 9.17) is 46.4 Å². The van der Waals surface area contributed by atoms with E-state index in [9.17, 15) is 50.2 Å². The number of amides is 2. The first kappa shape index (κ1) is 33.6. The minimum absolute atomic E-state index is 0.0934. The first-order chi connectivity index (χ1) is 19.4. The highest BCUT2D eigenvalue weighted by Gasteiger charge is 2.42. The molecule has 0 radical (unpaired) electrons. The Labute approximate surface area is 255 Å². The normalized spacial score (nSPS) is 12.2. The van der Waals surface area contributed by atoms with Crippen LogP contribution in [0.15, 0.2) is 29.2 Å². The molecule has 0 spiro atoms. The summed E-state index contributed by atoms with van der Waals surface area (Å²) < 4.78 is 94.2. The minimum atomic E-state index is -5.74. The highest BCUT2D eigenvalue weighted by molar-refractivity contribution is 8.00. The van der Waals surface area contributed by atoms with Crippen LogP contribution < -0.4 is 10.6 Å². The van der Waals surface area contributed by atoms with Gasteiger partial charge in [-0.2, -0.15) is 13.2 Å². The Hall–Kier alpha value is -2.91. The van der Waals surface area contributed by atoms with E-state index < -0.39 is 84.9 Å². The van der Waals surface area contributed by atoms with Gasteiger partial charge in [-0.3, -0.25) is 9.59 Å². The van der Waals surface area contributed by atoms with E-state index >= 15 is 0 Å². The van der Waals surface area contributed by atoms with Gasteiger partial charge in [-0.05, 0) is 31.2 Å². The van der Waals surface area contributed by atoms with Crippen LogP contribution in [-0.4, -0.2) is 28.1 Å². The Kier molecular flexibility index (Phi) is 10.2. The standard InChI is InChI=1S/C24H11Cl4F7N2O4S/c1-6(21(38)37-20-18(31)16(29)11(24(33,34)35)17(30)19(20)32)42-8-4-2-7(3-5-8)36-22(39)9-10(23(40)41)13(26)15(28)14(27)12(9)25/h2-6H,1H3,(H,36,39)(H,37,38)(H,40,41). The highest BCUT2D eigenvalue weighted by Crippen LogP contribution is 2.42. The predicted molar refractivity (Wildman–Crippen MR) is 143 cm³/mol. The molecule has 0 aliphatic carbocycles. The van der Waals surface area contributed by atoms with E-state index in [0.29, 0.717) is 4.90 Å². The quantitative estimate of drug-likeness (QED) is 0.0992. The molecule has 224 valence electrons. The predicted octanol–water partition coefficient (Wildman–Crippen LogP) is 8.95. The van der Waals surface area contributed by atoms with Crippen molar-refractivity contribution >= 4 is 87.3 Å². The smallest absolute Gasteiger partial charge is 0.422 e. The molecule has 0 saturated carbocycles. The van der Waals surface area contributed by atoms with Gasteiger partial charge in [0.25, 0.3) is 5.91 Å². The first-order valence-electron chi connectivity index (χ1n) is 10.8. The van der Waals surface area contributed by atoms with Crippen molar-refractivity contribution in [2.45, 2.75) is 23.2 Å². The number of hydrogen-bond donors (Lipinski definition) is 3. The van der Waals surface area contributed by atoms with E-state index in [1.165, 1.54) is 31.2 Å². The summed E-state index contributed by atoms with van der Waals surface area (Å²) in [6, 6.07) is 5.31. The lowest BCUT2D eigenvalue weighted by Crippen LogP contribution is -2.25. The number of hydrogen-bond acceptors (Lipinski definition) is 4. The monoisotopic (exact) mass is 696 g/mol.